The van der Waals surface area contributed by atoms with Crippen LogP contribution >= 0.6 is 0 Å². The summed E-state index contributed by atoms with van der Waals surface area (Å²) in [4.78, 5) is 4.26. The average Bonchev–Trinajstić information content (AvgIpc) is 2.67. The van der Waals surface area contributed by atoms with Crippen LogP contribution in [0, 0.1) is 11.5 Å². The van der Waals surface area contributed by atoms with Crippen molar-refractivity contribution in [2.24, 2.45) is 4.99 Å². The van der Waals surface area contributed by atoms with E-state index in [1.165, 1.54) is 11.1 Å². The Balaban J connectivity index is 2.02. The van der Waals surface area contributed by atoms with Gasteiger partial charge in [0, 0.05) is 25.6 Å². The van der Waals surface area contributed by atoms with E-state index in [9.17, 15) is 0 Å². The Morgan fingerprint density at radius 1 is 1.04 bits per heavy atom. The number of aliphatic hydroxyl groups excluding tert-OH is 1. The fraction of sp³-hybridized carbons (Fsp3) is 0.300. The molecule has 5 nitrogen and oxygen atoms in total. The Morgan fingerprint density at radius 3 is 2.16 bits per heavy atom. The highest BCUT2D eigenvalue weighted by molar-refractivity contribution is 5.81. The molecule has 130 valence electrons. The first-order valence-corrected chi connectivity index (χ1v) is 8.49. The molecule has 0 bridgehead atoms. The lowest BCUT2D eigenvalue weighted by atomic mass is 9.88. The average molecular weight is 336 g/mol. The molecular formula is C20H24N4O. The number of nitrogens with one attached hydrogen (secondary N) is 2. The van der Waals surface area contributed by atoms with Gasteiger partial charge >= 0.3 is 0 Å². The number of aliphatic imine (C=N–C) groups is 1. The maximum Gasteiger partial charge on any atom is 0.204 e. The molecule has 2 rings (SSSR count). The van der Waals surface area contributed by atoms with Crippen LogP contribution in [0.15, 0.2) is 65.7 Å². The fourth-order valence-electron chi connectivity index (χ4n) is 2.69. The van der Waals surface area contributed by atoms with E-state index >= 15 is 0 Å². The Hall–Kier alpha value is -2.84. The van der Waals surface area contributed by atoms with Crippen molar-refractivity contribution in [1.82, 2.24) is 10.6 Å². The molecule has 3 N–H and O–H groups in total. The first kappa shape index (κ1) is 18.5. The molecule has 2 aromatic rings. The first-order chi connectivity index (χ1) is 12.3. The van der Waals surface area contributed by atoms with Gasteiger partial charge in [0.25, 0.3) is 0 Å². The largest absolute Gasteiger partial charge is 0.396 e. The number of benzene rings is 2. The first-order valence-electron chi connectivity index (χ1n) is 8.49. The molecule has 0 heterocycles. The highest BCUT2D eigenvalue weighted by Gasteiger charge is 2.13. The second-order valence-corrected chi connectivity index (χ2v) is 5.63. The lowest BCUT2D eigenvalue weighted by Crippen LogP contribution is -2.35. The summed E-state index contributed by atoms with van der Waals surface area (Å²) in [6.07, 6.45) is 3.34. The minimum absolute atomic E-state index is 0.0907. The minimum Gasteiger partial charge on any atom is -0.396 e. The van der Waals surface area contributed by atoms with Crippen molar-refractivity contribution in [2.75, 3.05) is 19.7 Å². The maximum absolute atomic E-state index is 8.83. The van der Waals surface area contributed by atoms with Gasteiger partial charge in [-0.15, -0.1) is 0 Å². The van der Waals surface area contributed by atoms with Crippen LogP contribution in [-0.2, 0) is 0 Å². The van der Waals surface area contributed by atoms with Crippen molar-refractivity contribution in [2.45, 2.75) is 18.8 Å². The van der Waals surface area contributed by atoms with Crippen LogP contribution < -0.4 is 10.6 Å². The number of rotatable bonds is 8. The molecule has 0 fully saturated rings. The summed E-state index contributed by atoms with van der Waals surface area (Å²) < 4.78 is 0. The normalized spacial score (nSPS) is 11.2. The second-order valence-electron chi connectivity index (χ2n) is 5.63. The van der Waals surface area contributed by atoms with E-state index in [1.807, 2.05) is 18.3 Å². The Labute approximate surface area is 149 Å². The smallest absolute Gasteiger partial charge is 0.204 e. The van der Waals surface area contributed by atoms with Crippen LogP contribution in [-0.4, -0.2) is 30.8 Å². The highest BCUT2D eigenvalue weighted by atomic mass is 16.3. The molecule has 0 aliphatic carbocycles. The predicted molar refractivity (Wildman–Crippen MR) is 100 cm³/mol. The van der Waals surface area contributed by atoms with Crippen molar-refractivity contribution < 1.29 is 5.11 Å². The number of aliphatic hydroxyl groups is 1. The van der Waals surface area contributed by atoms with Crippen LogP contribution in [0.1, 0.15) is 29.9 Å². The zero-order valence-electron chi connectivity index (χ0n) is 14.2. The zero-order chi connectivity index (χ0) is 17.7. The third-order valence-corrected chi connectivity index (χ3v) is 3.89. The lowest BCUT2D eigenvalue weighted by molar-refractivity contribution is 0.291. The number of hydrogen-bond acceptors (Lipinski definition) is 3. The quantitative estimate of drug-likeness (QED) is 0.228. The van der Waals surface area contributed by atoms with Crippen molar-refractivity contribution >= 4 is 5.96 Å². The van der Waals surface area contributed by atoms with Crippen LogP contribution in [0.3, 0.4) is 0 Å². The van der Waals surface area contributed by atoms with Crippen molar-refractivity contribution in [3.8, 4) is 6.19 Å². The van der Waals surface area contributed by atoms with Gasteiger partial charge in [0.1, 0.15) is 0 Å². The number of nitriles is 1. The monoisotopic (exact) mass is 336 g/mol. The third kappa shape index (κ3) is 6.28. The summed E-state index contributed by atoms with van der Waals surface area (Å²) in [5.41, 5.74) is 2.53. The SMILES string of the molecule is N#CNC(=NCCCO)NCCC(c1ccccc1)c1ccccc1. The summed E-state index contributed by atoms with van der Waals surface area (Å²) in [7, 11) is 0. The zero-order valence-corrected chi connectivity index (χ0v) is 14.2. The van der Waals surface area contributed by atoms with Gasteiger partial charge in [-0.05, 0) is 24.0 Å². The van der Waals surface area contributed by atoms with Gasteiger partial charge in [0.05, 0.1) is 0 Å². The van der Waals surface area contributed by atoms with Gasteiger partial charge in [-0.1, -0.05) is 60.7 Å². The summed E-state index contributed by atoms with van der Waals surface area (Å²) in [5, 5.41) is 23.4. The number of nitrogens with zero attached hydrogens (tertiary/aromatic N) is 2. The summed E-state index contributed by atoms with van der Waals surface area (Å²) >= 11 is 0. The molecule has 0 spiro atoms. The topological polar surface area (TPSA) is 80.4 Å². The van der Waals surface area contributed by atoms with Crippen molar-refractivity contribution in [1.29, 1.82) is 5.26 Å². The van der Waals surface area contributed by atoms with E-state index in [0.29, 0.717) is 25.5 Å². The van der Waals surface area contributed by atoms with Gasteiger partial charge < -0.3 is 10.4 Å². The molecule has 0 saturated heterocycles. The number of guanidine groups is 1. The third-order valence-electron chi connectivity index (χ3n) is 3.89. The van der Waals surface area contributed by atoms with E-state index in [-0.39, 0.29) is 12.5 Å². The maximum atomic E-state index is 8.83. The van der Waals surface area contributed by atoms with Crippen LogP contribution in [0.25, 0.3) is 0 Å². The highest BCUT2D eigenvalue weighted by Crippen LogP contribution is 2.27. The predicted octanol–water partition coefficient (Wildman–Crippen LogP) is 2.61. The molecule has 0 aliphatic heterocycles. The van der Waals surface area contributed by atoms with E-state index in [0.717, 1.165) is 6.42 Å². The van der Waals surface area contributed by atoms with Crippen LogP contribution in [0.5, 0.6) is 0 Å². The Bertz CT molecular complexity index is 640. The molecule has 0 saturated carbocycles. The van der Waals surface area contributed by atoms with E-state index in [1.54, 1.807) is 0 Å². The Kier molecular flexibility index (Phi) is 8.02. The lowest BCUT2D eigenvalue weighted by Gasteiger charge is -2.19. The molecule has 0 radical (unpaired) electrons. The summed E-state index contributed by atoms with van der Waals surface area (Å²) in [6.45, 7) is 1.25. The molecule has 0 atom stereocenters. The molecule has 5 heteroatoms. The molecule has 2 aromatic carbocycles. The molecule has 0 aromatic heterocycles. The van der Waals surface area contributed by atoms with E-state index < -0.39 is 0 Å². The van der Waals surface area contributed by atoms with Crippen molar-refractivity contribution in [3.63, 3.8) is 0 Å². The van der Waals surface area contributed by atoms with E-state index in [4.69, 9.17) is 10.4 Å². The van der Waals surface area contributed by atoms with Gasteiger partial charge in [-0.2, -0.15) is 5.26 Å². The van der Waals surface area contributed by atoms with Gasteiger partial charge in [-0.3, -0.25) is 10.3 Å². The molecule has 0 amide bonds. The fourth-order valence-corrected chi connectivity index (χ4v) is 2.69. The molecule has 0 aliphatic rings. The molecule has 25 heavy (non-hydrogen) atoms. The van der Waals surface area contributed by atoms with Crippen LogP contribution in [0.4, 0.5) is 0 Å². The Morgan fingerprint density at radius 2 is 1.64 bits per heavy atom. The van der Waals surface area contributed by atoms with Crippen LogP contribution in [0.2, 0.25) is 0 Å². The summed E-state index contributed by atoms with van der Waals surface area (Å²) in [6, 6.07) is 20.8. The van der Waals surface area contributed by atoms with Gasteiger partial charge in [0.15, 0.2) is 6.19 Å². The molecular weight excluding hydrogens is 312 g/mol. The summed E-state index contributed by atoms with van der Waals surface area (Å²) in [5.74, 6) is 0.728. The minimum atomic E-state index is 0.0907. The van der Waals surface area contributed by atoms with Gasteiger partial charge in [0.2, 0.25) is 5.96 Å². The van der Waals surface area contributed by atoms with E-state index in [2.05, 4.69) is 64.2 Å². The van der Waals surface area contributed by atoms with Gasteiger partial charge in [-0.25, -0.2) is 0 Å². The number of hydrogen-bond donors (Lipinski definition) is 3. The van der Waals surface area contributed by atoms with Crippen molar-refractivity contribution in [3.05, 3.63) is 71.8 Å². The second kappa shape index (κ2) is 10.8. The molecule has 0 unspecified atom stereocenters. The standard InChI is InChI=1S/C20H24N4O/c21-16-24-20(22-13-7-15-25)23-14-12-19(17-8-3-1-4-9-17)18-10-5-2-6-11-18/h1-6,8-11,19,25H,7,12-15H2,(H2,22,23,24).